The highest BCUT2D eigenvalue weighted by atomic mass is 19.2. The molecule has 1 heterocycles. The molecule has 1 fully saturated rings. The summed E-state index contributed by atoms with van der Waals surface area (Å²) in [6.45, 7) is 4.88. The van der Waals surface area contributed by atoms with Gasteiger partial charge in [0.2, 0.25) is 0 Å². The van der Waals surface area contributed by atoms with Crippen molar-refractivity contribution < 1.29 is 22.6 Å². The number of rotatable bonds is 13. The van der Waals surface area contributed by atoms with Crippen LogP contribution in [0.2, 0.25) is 0 Å². The molecule has 2 nitrogen and oxygen atoms in total. The minimum absolute atomic E-state index is 0.172. The maximum Gasteiger partial charge on any atom is 0.176 e. The molecule has 3 aromatic carbocycles. The molecule has 0 atom stereocenters. The van der Waals surface area contributed by atoms with Gasteiger partial charge < -0.3 is 9.47 Å². The van der Waals surface area contributed by atoms with Gasteiger partial charge in [-0.05, 0) is 59.7 Å². The van der Waals surface area contributed by atoms with Crippen LogP contribution in [0.15, 0.2) is 66.7 Å². The fraction of sp³-hybridized carbons (Fsp3) is 0.429. The summed E-state index contributed by atoms with van der Waals surface area (Å²) < 4.78 is 56.2. The monoisotopic (exact) mass is 550 g/mol. The average Bonchev–Trinajstić information content (AvgIpc) is 2.97. The summed E-state index contributed by atoms with van der Waals surface area (Å²) in [5, 5.41) is 0. The fourth-order valence-electron chi connectivity index (χ4n) is 5.30. The van der Waals surface area contributed by atoms with Gasteiger partial charge in [-0.15, -0.1) is 0 Å². The number of unbranched alkanes of at least 4 members (excludes halogenated alkanes) is 7. The van der Waals surface area contributed by atoms with Crippen LogP contribution in [0.4, 0.5) is 13.2 Å². The number of aryl methyl sites for hydroxylation is 1. The maximum atomic E-state index is 15.0. The Labute approximate surface area is 237 Å². The Hall–Kier alpha value is -2.89. The average molecular weight is 551 g/mol. The van der Waals surface area contributed by atoms with Crippen LogP contribution in [0.3, 0.4) is 0 Å². The van der Waals surface area contributed by atoms with Crippen molar-refractivity contribution in [3.05, 3.63) is 95.3 Å². The molecule has 40 heavy (non-hydrogen) atoms. The summed E-state index contributed by atoms with van der Waals surface area (Å²) in [6.07, 6.45) is 13.2. The molecular formula is C35H41F3O2. The third-order valence-electron chi connectivity index (χ3n) is 7.70. The Kier molecular flexibility index (Phi) is 11.4. The maximum absolute atomic E-state index is 15.0. The predicted octanol–water partition coefficient (Wildman–Crippen LogP) is 10.2. The molecule has 0 radical (unpaired) electrons. The predicted molar refractivity (Wildman–Crippen MR) is 157 cm³/mol. The Balaban J connectivity index is 1.36. The van der Waals surface area contributed by atoms with Crippen molar-refractivity contribution in [3.8, 4) is 22.3 Å². The third-order valence-corrected chi connectivity index (χ3v) is 7.70. The molecule has 0 unspecified atom stereocenters. The normalized spacial score (nSPS) is 17.5. The van der Waals surface area contributed by atoms with E-state index in [0.717, 1.165) is 24.8 Å². The Bertz CT molecular complexity index is 1240. The smallest absolute Gasteiger partial charge is 0.176 e. The zero-order chi connectivity index (χ0) is 28.3. The van der Waals surface area contributed by atoms with Gasteiger partial charge in [0, 0.05) is 11.5 Å². The quantitative estimate of drug-likeness (QED) is 0.156. The van der Waals surface area contributed by atoms with Gasteiger partial charge in [0.1, 0.15) is 5.82 Å². The van der Waals surface area contributed by atoms with Gasteiger partial charge in [-0.2, -0.15) is 0 Å². The minimum Gasteiger partial charge on any atom is -0.348 e. The highest BCUT2D eigenvalue weighted by Gasteiger charge is 2.24. The molecule has 0 aromatic heterocycles. The Morgan fingerprint density at radius 3 is 2.00 bits per heavy atom. The molecule has 214 valence electrons. The zero-order valence-electron chi connectivity index (χ0n) is 23.7. The van der Waals surface area contributed by atoms with E-state index in [0.29, 0.717) is 41.9 Å². The SMILES string of the molecule is CC=CC1OCC(c2ccc(-c3ccc(-c4ccc(CCCCCCCCCC)c(F)c4F)cc3)cc2F)CO1. The van der Waals surface area contributed by atoms with E-state index in [1.54, 1.807) is 30.3 Å². The van der Waals surface area contributed by atoms with Crippen molar-refractivity contribution in [2.24, 2.45) is 0 Å². The molecule has 1 aliphatic rings. The van der Waals surface area contributed by atoms with E-state index in [-0.39, 0.29) is 23.6 Å². The van der Waals surface area contributed by atoms with Gasteiger partial charge >= 0.3 is 0 Å². The van der Waals surface area contributed by atoms with E-state index in [1.807, 2.05) is 37.3 Å². The molecule has 0 bridgehead atoms. The number of benzene rings is 3. The second-order valence-electron chi connectivity index (χ2n) is 10.7. The first kappa shape index (κ1) is 30.1. The summed E-state index contributed by atoms with van der Waals surface area (Å²) in [4.78, 5) is 0. The van der Waals surface area contributed by atoms with E-state index >= 15 is 8.78 Å². The van der Waals surface area contributed by atoms with Crippen molar-refractivity contribution in [2.45, 2.75) is 83.8 Å². The van der Waals surface area contributed by atoms with Crippen molar-refractivity contribution in [2.75, 3.05) is 13.2 Å². The van der Waals surface area contributed by atoms with Crippen LogP contribution in [-0.4, -0.2) is 19.5 Å². The summed E-state index contributed by atoms with van der Waals surface area (Å²) in [5.74, 6) is -2.05. The molecule has 1 aliphatic heterocycles. The van der Waals surface area contributed by atoms with Gasteiger partial charge in [0.05, 0.1) is 13.2 Å². The van der Waals surface area contributed by atoms with E-state index in [9.17, 15) is 4.39 Å². The summed E-state index contributed by atoms with van der Waals surface area (Å²) in [6, 6.07) is 15.6. The highest BCUT2D eigenvalue weighted by Crippen LogP contribution is 2.32. The largest absolute Gasteiger partial charge is 0.348 e. The topological polar surface area (TPSA) is 18.5 Å². The lowest BCUT2D eigenvalue weighted by Crippen LogP contribution is -2.29. The molecule has 0 spiro atoms. The highest BCUT2D eigenvalue weighted by molar-refractivity contribution is 5.71. The lowest BCUT2D eigenvalue weighted by atomic mass is 9.94. The van der Waals surface area contributed by atoms with Gasteiger partial charge in [-0.1, -0.05) is 106 Å². The van der Waals surface area contributed by atoms with Gasteiger partial charge in [0.15, 0.2) is 17.9 Å². The lowest BCUT2D eigenvalue weighted by molar-refractivity contribution is -0.159. The molecule has 0 amide bonds. The van der Waals surface area contributed by atoms with E-state index in [2.05, 4.69) is 6.92 Å². The van der Waals surface area contributed by atoms with Gasteiger partial charge in [-0.3, -0.25) is 0 Å². The summed E-state index contributed by atoms with van der Waals surface area (Å²) in [5.41, 5.74) is 3.33. The first-order valence-corrected chi connectivity index (χ1v) is 14.7. The molecule has 0 saturated carbocycles. The molecule has 5 heteroatoms. The number of hydrogen-bond acceptors (Lipinski definition) is 2. The lowest BCUT2D eigenvalue weighted by Gasteiger charge is -2.28. The van der Waals surface area contributed by atoms with Crippen molar-refractivity contribution >= 4 is 0 Å². The molecule has 0 N–H and O–H groups in total. The van der Waals surface area contributed by atoms with Crippen LogP contribution < -0.4 is 0 Å². The molecular weight excluding hydrogens is 509 g/mol. The van der Waals surface area contributed by atoms with Gasteiger partial charge in [-0.25, -0.2) is 13.2 Å². The first-order valence-electron chi connectivity index (χ1n) is 14.7. The minimum atomic E-state index is -0.811. The molecule has 3 aromatic rings. The van der Waals surface area contributed by atoms with Crippen LogP contribution in [0.5, 0.6) is 0 Å². The fourth-order valence-corrected chi connectivity index (χ4v) is 5.30. The van der Waals surface area contributed by atoms with Crippen molar-refractivity contribution in [1.82, 2.24) is 0 Å². The third kappa shape index (κ3) is 7.86. The van der Waals surface area contributed by atoms with Crippen LogP contribution >= 0.6 is 0 Å². The summed E-state index contributed by atoms with van der Waals surface area (Å²) in [7, 11) is 0. The van der Waals surface area contributed by atoms with Crippen LogP contribution in [0.25, 0.3) is 22.3 Å². The van der Waals surface area contributed by atoms with Crippen LogP contribution in [0, 0.1) is 17.5 Å². The van der Waals surface area contributed by atoms with Crippen molar-refractivity contribution in [1.29, 1.82) is 0 Å². The Morgan fingerprint density at radius 1 is 0.725 bits per heavy atom. The second-order valence-corrected chi connectivity index (χ2v) is 10.7. The van der Waals surface area contributed by atoms with Crippen LogP contribution in [-0.2, 0) is 15.9 Å². The first-order chi connectivity index (χ1) is 19.5. The molecule has 0 aliphatic carbocycles. The summed E-state index contributed by atoms with van der Waals surface area (Å²) >= 11 is 0. The number of hydrogen-bond donors (Lipinski definition) is 0. The van der Waals surface area contributed by atoms with E-state index < -0.39 is 11.6 Å². The second kappa shape index (κ2) is 15.2. The Morgan fingerprint density at radius 2 is 1.35 bits per heavy atom. The van der Waals surface area contributed by atoms with Crippen molar-refractivity contribution in [3.63, 3.8) is 0 Å². The number of ether oxygens (including phenoxy) is 2. The number of halogens is 3. The van der Waals surface area contributed by atoms with E-state index in [1.165, 1.54) is 38.2 Å². The standard InChI is InChI=1S/C35H41F3O2/c1-3-5-6-7-8-9-10-11-13-27-18-21-31(35(38)34(27)37)26-16-14-25(15-17-26)28-19-20-30(32(36)22-28)29-23-39-33(12-4-2)40-24-29/h4,12,14-22,29,33H,3,5-11,13,23-24H2,1-2H3. The van der Waals surface area contributed by atoms with Crippen LogP contribution in [0.1, 0.15) is 82.3 Å². The zero-order valence-corrected chi connectivity index (χ0v) is 23.7. The number of allylic oxidation sites excluding steroid dienone is 1. The van der Waals surface area contributed by atoms with Gasteiger partial charge in [0.25, 0.3) is 0 Å². The van der Waals surface area contributed by atoms with E-state index in [4.69, 9.17) is 9.47 Å². The molecule has 1 saturated heterocycles. The molecule has 4 rings (SSSR count).